The monoisotopic (exact) mass is 343 g/mol. The van der Waals surface area contributed by atoms with Crippen LogP contribution in [0.3, 0.4) is 0 Å². The lowest BCUT2D eigenvalue weighted by molar-refractivity contribution is -0.116. The minimum absolute atomic E-state index is 0.0202. The highest BCUT2D eigenvalue weighted by molar-refractivity contribution is 9.10. The average Bonchev–Trinajstić information content (AvgIpc) is 2.44. The molecule has 0 fully saturated rings. The highest BCUT2D eigenvalue weighted by atomic mass is 79.9. The molecule has 0 aromatic heterocycles. The van der Waals surface area contributed by atoms with Crippen LogP contribution >= 0.6 is 15.9 Å². The van der Waals surface area contributed by atoms with Crippen molar-refractivity contribution < 1.29 is 14.7 Å². The quantitative estimate of drug-likeness (QED) is 0.319. The molecule has 0 radical (unpaired) electrons. The molecule has 1 amide bonds. The Bertz CT molecular complexity index is 506. The van der Waals surface area contributed by atoms with Crippen LogP contribution in [0, 0.1) is 0 Å². The molecule has 1 unspecified atom stereocenters. The number of oxime groups is 1. The van der Waals surface area contributed by atoms with E-state index in [1.807, 2.05) is 6.92 Å². The van der Waals surface area contributed by atoms with Crippen LogP contribution in [0.25, 0.3) is 0 Å². The average molecular weight is 344 g/mol. The zero-order valence-corrected chi connectivity index (χ0v) is 13.0. The van der Waals surface area contributed by atoms with Crippen molar-refractivity contribution in [2.45, 2.75) is 25.9 Å². The molecule has 0 spiro atoms. The Hall–Kier alpha value is -1.60. The summed E-state index contributed by atoms with van der Waals surface area (Å²) in [6.45, 7) is 1.90. The Labute approximate surface area is 126 Å². The molecule has 20 heavy (non-hydrogen) atoms. The number of benzene rings is 1. The van der Waals surface area contributed by atoms with E-state index in [0.717, 1.165) is 4.47 Å². The van der Waals surface area contributed by atoms with Gasteiger partial charge in [-0.2, -0.15) is 0 Å². The van der Waals surface area contributed by atoms with Crippen molar-refractivity contribution in [3.8, 4) is 0 Å². The Morgan fingerprint density at radius 2 is 2.30 bits per heavy atom. The van der Waals surface area contributed by atoms with Gasteiger partial charge >= 0.3 is 0 Å². The first-order chi connectivity index (χ1) is 9.47. The first kappa shape index (κ1) is 16.5. The summed E-state index contributed by atoms with van der Waals surface area (Å²) in [5.41, 5.74) is 6.53. The van der Waals surface area contributed by atoms with Crippen molar-refractivity contribution in [2.75, 3.05) is 12.4 Å². The van der Waals surface area contributed by atoms with Crippen molar-refractivity contribution in [1.82, 2.24) is 0 Å². The van der Waals surface area contributed by atoms with Gasteiger partial charge in [-0.15, -0.1) is 0 Å². The normalized spacial score (nSPS) is 13.1. The largest absolute Gasteiger partial charge is 0.409 e. The van der Waals surface area contributed by atoms with Crippen molar-refractivity contribution in [2.24, 2.45) is 10.9 Å². The van der Waals surface area contributed by atoms with Crippen LogP contribution < -0.4 is 11.1 Å². The maximum atomic E-state index is 11.9. The molecular weight excluding hydrogens is 326 g/mol. The summed E-state index contributed by atoms with van der Waals surface area (Å²) < 4.78 is 5.87. The molecule has 0 saturated heterocycles. The second-order valence-electron chi connectivity index (χ2n) is 4.31. The molecule has 0 bridgehead atoms. The van der Waals surface area contributed by atoms with Gasteiger partial charge in [-0.25, -0.2) is 0 Å². The van der Waals surface area contributed by atoms with Crippen LogP contribution in [0.1, 0.15) is 25.3 Å². The fourth-order valence-corrected chi connectivity index (χ4v) is 1.92. The fourth-order valence-electron chi connectivity index (χ4n) is 1.56. The van der Waals surface area contributed by atoms with Crippen LogP contribution in [-0.2, 0) is 9.53 Å². The first-order valence-corrected chi connectivity index (χ1v) is 6.87. The first-order valence-electron chi connectivity index (χ1n) is 6.08. The molecule has 1 atom stereocenters. The van der Waals surface area contributed by atoms with Crippen LogP contribution in [0.15, 0.2) is 27.8 Å². The molecule has 0 saturated carbocycles. The second kappa shape index (κ2) is 7.86. The summed E-state index contributed by atoms with van der Waals surface area (Å²) in [5, 5.41) is 14.4. The molecule has 7 heteroatoms. The third-order valence-electron chi connectivity index (χ3n) is 2.82. The Morgan fingerprint density at radius 3 is 2.90 bits per heavy atom. The molecule has 6 nitrogen and oxygen atoms in total. The topological polar surface area (TPSA) is 96.9 Å². The van der Waals surface area contributed by atoms with Gasteiger partial charge in [0.1, 0.15) is 0 Å². The lowest BCUT2D eigenvalue weighted by atomic mass is 10.1. The maximum absolute atomic E-state index is 11.9. The standard InChI is InChI=1S/C13H18BrN3O3/c1-8(20-2)3-6-12(18)16-11-7-9(14)4-5-10(11)13(15)17-19/h4-5,7-8,19H,3,6H2,1-2H3,(H2,15,17)(H,16,18). The van der Waals surface area contributed by atoms with Crippen LogP contribution in [0.5, 0.6) is 0 Å². The number of carbonyl (C=O) groups is 1. The molecule has 0 heterocycles. The number of hydrogen-bond acceptors (Lipinski definition) is 4. The molecule has 1 aromatic rings. The molecule has 1 rings (SSSR count). The number of hydrogen-bond donors (Lipinski definition) is 3. The van der Waals surface area contributed by atoms with E-state index in [1.165, 1.54) is 0 Å². The molecular formula is C13H18BrN3O3. The SMILES string of the molecule is COC(C)CCC(=O)Nc1cc(Br)ccc1/C(N)=N/O. The number of anilines is 1. The second-order valence-corrected chi connectivity index (χ2v) is 5.22. The molecule has 0 aliphatic carbocycles. The Kier molecular flexibility index (Phi) is 6.47. The fraction of sp³-hybridized carbons (Fsp3) is 0.385. The van der Waals surface area contributed by atoms with Gasteiger partial charge in [-0.05, 0) is 31.5 Å². The Morgan fingerprint density at radius 1 is 1.60 bits per heavy atom. The van der Waals surface area contributed by atoms with Gasteiger partial charge in [-0.3, -0.25) is 4.79 Å². The summed E-state index contributed by atoms with van der Waals surface area (Å²) in [7, 11) is 1.60. The zero-order chi connectivity index (χ0) is 15.1. The lowest BCUT2D eigenvalue weighted by Crippen LogP contribution is -2.20. The van der Waals surface area contributed by atoms with E-state index in [9.17, 15) is 4.79 Å². The zero-order valence-electron chi connectivity index (χ0n) is 11.4. The van der Waals surface area contributed by atoms with E-state index < -0.39 is 0 Å². The third-order valence-corrected chi connectivity index (χ3v) is 3.31. The van der Waals surface area contributed by atoms with E-state index >= 15 is 0 Å². The number of nitrogens with two attached hydrogens (primary N) is 1. The van der Waals surface area contributed by atoms with Gasteiger partial charge in [0.25, 0.3) is 0 Å². The van der Waals surface area contributed by atoms with Gasteiger partial charge in [0, 0.05) is 23.6 Å². The number of methoxy groups -OCH3 is 1. The van der Waals surface area contributed by atoms with Gasteiger partial charge < -0.3 is 21.0 Å². The van der Waals surface area contributed by atoms with Crippen LogP contribution in [0.2, 0.25) is 0 Å². The van der Waals surface area contributed by atoms with Gasteiger partial charge in [0.05, 0.1) is 11.8 Å². The third kappa shape index (κ3) is 4.82. The van der Waals surface area contributed by atoms with Crippen molar-refractivity contribution in [3.63, 3.8) is 0 Å². The number of nitrogens with zero attached hydrogens (tertiary/aromatic N) is 1. The highest BCUT2D eigenvalue weighted by Gasteiger charge is 2.12. The summed E-state index contributed by atoms with van der Waals surface area (Å²) >= 11 is 3.32. The number of carbonyl (C=O) groups excluding carboxylic acids is 1. The van der Waals surface area contributed by atoms with Crippen LogP contribution in [0.4, 0.5) is 5.69 Å². The van der Waals surface area contributed by atoms with Crippen molar-refractivity contribution >= 4 is 33.4 Å². The molecule has 4 N–H and O–H groups in total. The van der Waals surface area contributed by atoms with Gasteiger partial charge in [-0.1, -0.05) is 21.1 Å². The van der Waals surface area contributed by atoms with Crippen LogP contribution in [-0.4, -0.2) is 30.2 Å². The van der Waals surface area contributed by atoms with Gasteiger partial charge in [0.2, 0.25) is 5.91 Å². The summed E-state index contributed by atoms with van der Waals surface area (Å²) in [6.07, 6.45) is 0.971. The summed E-state index contributed by atoms with van der Waals surface area (Å²) in [6, 6.07) is 5.10. The van der Waals surface area contributed by atoms with E-state index in [0.29, 0.717) is 24.1 Å². The van der Waals surface area contributed by atoms with E-state index in [4.69, 9.17) is 15.7 Å². The van der Waals surface area contributed by atoms with E-state index in [2.05, 4.69) is 26.4 Å². The number of rotatable bonds is 6. The van der Waals surface area contributed by atoms with E-state index in [-0.39, 0.29) is 17.8 Å². The number of ether oxygens (including phenoxy) is 1. The predicted molar refractivity (Wildman–Crippen MR) is 81.0 cm³/mol. The number of nitrogens with one attached hydrogen (secondary N) is 1. The summed E-state index contributed by atoms with van der Waals surface area (Å²) in [4.78, 5) is 11.9. The van der Waals surface area contributed by atoms with Crippen molar-refractivity contribution in [3.05, 3.63) is 28.2 Å². The predicted octanol–water partition coefficient (Wildman–Crippen LogP) is 2.30. The molecule has 0 aliphatic heterocycles. The lowest BCUT2D eigenvalue weighted by Gasteiger charge is -2.12. The molecule has 1 aromatic carbocycles. The van der Waals surface area contributed by atoms with E-state index in [1.54, 1.807) is 25.3 Å². The number of amidine groups is 1. The Balaban J connectivity index is 2.80. The van der Waals surface area contributed by atoms with Crippen molar-refractivity contribution in [1.29, 1.82) is 0 Å². The molecule has 0 aliphatic rings. The smallest absolute Gasteiger partial charge is 0.224 e. The maximum Gasteiger partial charge on any atom is 0.224 e. The minimum atomic E-state index is -0.154. The number of amides is 1. The molecule has 110 valence electrons. The van der Waals surface area contributed by atoms with Gasteiger partial charge in [0.15, 0.2) is 5.84 Å². The number of halogens is 1. The minimum Gasteiger partial charge on any atom is -0.409 e. The summed E-state index contributed by atoms with van der Waals surface area (Å²) in [5.74, 6) is -0.211. The highest BCUT2D eigenvalue weighted by Crippen LogP contribution is 2.22.